The third-order valence-corrected chi connectivity index (χ3v) is 0.589. The van der Waals surface area contributed by atoms with Crippen molar-refractivity contribution in [1.29, 1.82) is 0 Å². The Hall–Kier alpha value is 0.684. The van der Waals surface area contributed by atoms with Crippen LogP contribution in [0.15, 0.2) is 0 Å². The Balaban J connectivity index is -0.0000000437. The van der Waals surface area contributed by atoms with Crippen molar-refractivity contribution >= 4 is 24.8 Å². The van der Waals surface area contributed by atoms with E-state index in [1.165, 1.54) is 0 Å². The predicted molar refractivity (Wildman–Crippen MR) is 39.4 cm³/mol. The minimum atomic E-state index is -1.81. The Kier molecular flexibility index (Phi) is 63.7. The second kappa shape index (κ2) is 31.0. The maximum atomic E-state index is 8.47. The van der Waals surface area contributed by atoms with Gasteiger partial charge in [0.25, 0.3) is 0 Å². The molecule has 0 aliphatic carbocycles. The molecular weight excluding hydrogens is 234 g/mol. The third kappa shape index (κ3) is 59.4. The van der Waals surface area contributed by atoms with E-state index in [0.717, 1.165) is 12.8 Å². The van der Waals surface area contributed by atoms with Gasteiger partial charge in [-0.3, -0.25) is 5.26 Å². The van der Waals surface area contributed by atoms with Crippen LogP contribution in [0.5, 0.6) is 0 Å². The molecule has 7 heteroatoms. The average molecular weight is 246 g/mol. The van der Waals surface area contributed by atoms with Gasteiger partial charge in [-0.1, -0.05) is 13.3 Å². The van der Waals surface area contributed by atoms with Crippen molar-refractivity contribution in [1.82, 2.24) is 0 Å². The second-order valence-corrected chi connectivity index (χ2v) is 1.49. The summed E-state index contributed by atoms with van der Waals surface area (Å²) in [6.07, 6.45) is 2.01. The van der Waals surface area contributed by atoms with Crippen molar-refractivity contribution in [3.8, 4) is 0 Å². The van der Waals surface area contributed by atoms with E-state index >= 15 is 0 Å². The summed E-state index contributed by atoms with van der Waals surface area (Å²) in [4.78, 5) is 3.78. The van der Waals surface area contributed by atoms with Crippen LogP contribution in [0.2, 0.25) is 0 Å². The molecule has 71 valence electrons. The molecule has 0 atom stereocenters. The van der Waals surface area contributed by atoms with E-state index in [0.29, 0.717) is 6.61 Å². The van der Waals surface area contributed by atoms with Gasteiger partial charge in [-0.25, -0.2) is 4.89 Å². The maximum absolute atomic E-state index is 8.47. The van der Waals surface area contributed by atoms with Gasteiger partial charge in [-0.2, -0.15) is 0 Å². The van der Waals surface area contributed by atoms with Crippen molar-refractivity contribution in [3.63, 3.8) is 0 Å². The first-order valence-electron chi connectivity index (χ1n) is 2.54. The monoisotopic (exact) mass is 245 g/mol. The number of hydrogen-bond acceptors (Lipinski definition) is 4. The van der Waals surface area contributed by atoms with E-state index in [2.05, 4.69) is 4.89 Å². The number of unbranched alkanes of at least 4 members (excludes halogenated alkanes) is 1. The first-order valence-corrected chi connectivity index (χ1v) is 3.68. The quantitative estimate of drug-likeness (QED) is 0.469. The van der Waals surface area contributed by atoms with Crippen LogP contribution in [-0.2, 0) is 28.4 Å². The van der Waals surface area contributed by atoms with E-state index in [1.54, 1.807) is 0 Å². The van der Waals surface area contributed by atoms with Gasteiger partial charge in [-0.05, 0) is 6.42 Å². The molecule has 1 N–H and O–H groups in total. The van der Waals surface area contributed by atoms with Crippen LogP contribution in [0.4, 0.5) is 0 Å². The summed E-state index contributed by atoms with van der Waals surface area (Å²) >= 11 is -1.81. The normalized spacial score (nSPS) is 5.64. The summed E-state index contributed by atoms with van der Waals surface area (Å²) in [5.41, 5.74) is 0. The Labute approximate surface area is 85.0 Å². The van der Waals surface area contributed by atoms with E-state index in [-0.39, 0.29) is 24.8 Å². The third-order valence-electron chi connectivity index (χ3n) is 0.589. The molecule has 0 saturated heterocycles. The Morgan fingerprint density at radius 3 is 1.82 bits per heavy atom. The van der Waals surface area contributed by atoms with Crippen LogP contribution < -0.4 is 0 Å². The molecule has 0 saturated carbocycles. The van der Waals surface area contributed by atoms with Crippen LogP contribution in [0.25, 0.3) is 0 Å². The van der Waals surface area contributed by atoms with Crippen molar-refractivity contribution in [3.05, 3.63) is 0 Å². The standard InChI is InChI=1S/C4H10O2.2ClH.2O.V/c1-2-3-4-6-5;;;;;/h5H,2-4H2,1H3;2*1H;;;. The van der Waals surface area contributed by atoms with Crippen molar-refractivity contribution in [2.24, 2.45) is 0 Å². The molecule has 0 aliphatic heterocycles. The fraction of sp³-hybridized carbons (Fsp3) is 1.00. The van der Waals surface area contributed by atoms with Gasteiger partial charge in [0.2, 0.25) is 0 Å². The van der Waals surface area contributed by atoms with Gasteiger partial charge in [0.1, 0.15) is 0 Å². The van der Waals surface area contributed by atoms with Crippen molar-refractivity contribution in [2.45, 2.75) is 19.8 Å². The fourth-order valence-electron chi connectivity index (χ4n) is 0.209. The van der Waals surface area contributed by atoms with Gasteiger partial charge in [0.15, 0.2) is 0 Å². The summed E-state index contributed by atoms with van der Waals surface area (Å²) in [7, 11) is 0. The Morgan fingerprint density at radius 1 is 1.36 bits per heavy atom. The molecule has 0 bridgehead atoms. The number of halogens is 2. The zero-order valence-corrected chi connectivity index (χ0v) is 9.09. The first kappa shape index (κ1) is 22.6. The van der Waals surface area contributed by atoms with Crippen LogP contribution in [0, 0.1) is 0 Å². The predicted octanol–water partition coefficient (Wildman–Crippen LogP) is 1.88. The summed E-state index contributed by atoms with van der Waals surface area (Å²) in [5.74, 6) is 0. The molecule has 0 aromatic rings. The van der Waals surface area contributed by atoms with Crippen LogP contribution in [0.1, 0.15) is 19.8 Å². The molecule has 0 spiro atoms. The SMILES string of the molecule is CCCCOO.Cl.Cl.[O]=[V]=[O]. The molecule has 0 amide bonds. The second-order valence-electron chi connectivity index (χ2n) is 1.26. The van der Waals surface area contributed by atoms with E-state index in [4.69, 9.17) is 12.6 Å². The van der Waals surface area contributed by atoms with Crippen LogP contribution >= 0.6 is 24.8 Å². The van der Waals surface area contributed by atoms with Gasteiger partial charge in [-0.15, -0.1) is 24.8 Å². The molecule has 0 unspecified atom stereocenters. The molecule has 0 heterocycles. The van der Waals surface area contributed by atoms with Gasteiger partial charge >= 0.3 is 23.5 Å². The minimum absolute atomic E-state index is 0. The molecule has 0 aromatic heterocycles. The molecule has 11 heavy (non-hydrogen) atoms. The first-order chi connectivity index (χ1) is 4.33. The summed E-state index contributed by atoms with van der Waals surface area (Å²) in [6, 6.07) is 0. The zero-order valence-electron chi connectivity index (χ0n) is 6.06. The van der Waals surface area contributed by atoms with E-state index in [1.807, 2.05) is 6.92 Å². The van der Waals surface area contributed by atoms with E-state index in [9.17, 15) is 0 Å². The molecule has 0 aromatic carbocycles. The van der Waals surface area contributed by atoms with Crippen molar-refractivity contribution in [2.75, 3.05) is 6.61 Å². The zero-order chi connectivity index (χ0) is 7.54. The van der Waals surface area contributed by atoms with E-state index < -0.39 is 16.2 Å². The number of rotatable bonds is 3. The van der Waals surface area contributed by atoms with Gasteiger partial charge in [0, 0.05) is 0 Å². The topological polar surface area (TPSA) is 63.6 Å². The molecule has 0 fully saturated rings. The molecule has 4 nitrogen and oxygen atoms in total. The summed E-state index contributed by atoms with van der Waals surface area (Å²) in [6.45, 7) is 2.51. The molecule has 0 rings (SSSR count). The average Bonchev–Trinajstić information content (AvgIpc) is 1.86. The van der Waals surface area contributed by atoms with Gasteiger partial charge < -0.3 is 0 Å². The Morgan fingerprint density at radius 2 is 1.73 bits per heavy atom. The van der Waals surface area contributed by atoms with Crippen LogP contribution in [-0.4, -0.2) is 11.9 Å². The molecule has 0 aliphatic rings. The fourth-order valence-corrected chi connectivity index (χ4v) is 0.209. The Bertz CT molecular complexity index is 72.5. The van der Waals surface area contributed by atoms with Gasteiger partial charge in [0.05, 0.1) is 6.61 Å². The number of hydrogen-bond donors (Lipinski definition) is 1. The summed E-state index contributed by atoms with van der Waals surface area (Å²) < 4.78 is 16.9. The molecular formula is C4H12Cl2O4V. The molecule has 0 radical (unpaired) electrons. The van der Waals surface area contributed by atoms with Crippen molar-refractivity contribution < 1.29 is 33.7 Å². The van der Waals surface area contributed by atoms with Crippen LogP contribution in [0.3, 0.4) is 0 Å². The summed E-state index contributed by atoms with van der Waals surface area (Å²) in [5, 5.41) is 7.70.